The molecular weight excluding hydrogens is 218 g/mol. The Bertz CT molecular complexity index is 412. The fourth-order valence-electron chi connectivity index (χ4n) is 1.22. The molecule has 1 amide bonds. The van der Waals surface area contributed by atoms with Crippen LogP contribution in [0, 0.1) is 0 Å². The van der Waals surface area contributed by atoms with Crippen LogP contribution in [0.3, 0.4) is 0 Å². The van der Waals surface area contributed by atoms with Crippen molar-refractivity contribution in [2.75, 3.05) is 0 Å². The number of nitrogens with one attached hydrogen (secondary N) is 1. The lowest BCUT2D eigenvalue weighted by Crippen LogP contribution is -2.37. The fraction of sp³-hybridized carbons (Fsp3) is 0.222. The van der Waals surface area contributed by atoms with E-state index in [1.807, 2.05) is 0 Å². The molecule has 0 saturated carbocycles. The first-order valence-corrected chi connectivity index (χ1v) is 5.13. The maximum Gasteiger partial charge on any atom is 0.336 e. The zero-order valence-electron chi connectivity index (χ0n) is 7.56. The van der Waals surface area contributed by atoms with Gasteiger partial charge in [0.2, 0.25) is 0 Å². The molecule has 6 heteroatoms. The van der Waals surface area contributed by atoms with E-state index in [0.717, 1.165) is 0 Å². The van der Waals surface area contributed by atoms with Crippen molar-refractivity contribution in [1.82, 2.24) is 5.32 Å². The molecule has 15 heavy (non-hydrogen) atoms. The lowest BCUT2D eigenvalue weighted by molar-refractivity contribution is -0.152. The Hall–Kier alpha value is -1.69. The van der Waals surface area contributed by atoms with E-state index in [9.17, 15) is 14.4 Å². The Labute approximate surface area is 89.0 Å². The fourth-order valence-corrected chi connectivity index (χ4v) is 1.85. The number of thiophene rings is 1. The van der Waals surface area contributed by atoms with Gasteiger partial charge in [-0.3, -0.25) is 9.59 Å². The summed E-state index contributed by atoms with van der Waals surface area (Å²) in [6.45, 7) is 0. The number of cyclic esters (lactones) is 2. The number of carbonyl (C=O) groups is 3. The van der Waals surface area contributed by atoms with Gasteiger partial charge in [0.05, 0.1) is 11.3 Å². The molecule has 1 aromatic heterocycles. The molecule has 5 nitrogen and oxygen atoms in total. The van der Waals surface area contributed by atoms with E-state index in [4.69, 9.17) is 0 Å². The number of amides is 1. The van der Waals surface area contributed by atoms with Crippen molar-refractivity contribution in [2.45, 2.75) is 12.5 Å². The Morgan fingerprint density at radius 3 is 2.87 bits per heavy atom. The van der Waals surface area contributed by atoms with Crippen molar-refractivity contribution in [3.8, 4) is 0 Å². The van der Waals surface area contributed by atoms with Gasteiger partial charge in [-0.2, -0.15) is 0 Å². The lowest BCUT2D eigenvalue weighted by atomic mass is 10.2. The zero-order chi connectivity index (χ0) is 10.8. The zero-order valence-corrected chi connectivity index (χ0v) is 8.37. The van der Waals surface area contributed by atoms with Gasteiger partial charge >= 0.3 is 11.9 Å². The third-order valence-electron chi connectivity index (χ3n) is 1.92. The number of hydrogen-bond donors (Lipinski definition) is 1. The first-order chi connectivity index (χ1) is 7.16. The number of hydrogen-bond acceptors (Lipinski definition) is 5. The first-order valence-electron chi connectivity index (χ1n) is 4.25. The standard InChI is InChI=1S/C9H7NO4S/c11-7-4-5(9(13)14-7)10-8(12)6-2-1-3-15-6/h1-3,5H,4H2,(H,10,12)/t5-/m0/s1. The van der Waals surface area contributed by atoms with Gasteiger partial charge in [-0.25, -0.2) is 4.79 Å². The van der Waals surface area contributed by atoms with Gasteiger partial charge in [0.15, 0.2) is 0 Å². The smallest absolute Gasteiger partial charge is 0.336 e. The van der Waals surface area contributed by atoms with Gasteiger partial charge in [0.1, 0.15) is 6.04 Å². The van der Waals surface area contributed by atoms with Gasteiger partial charge in [-0.05, 0) is 11.4 Å². The molecule has 1 aliphatic heterocycles. The van der Waals surface area contributed by atoms with Crippen LogP contribution in [0.15, 0.2) is 17.5 Å². The predicted octanol–water partition coefficient (Wildman–Crippen LogP) is 0.320. The van der Waals surface area contributed by atoms with Gasteiger partial charge in [-0.1, -0.05) is 6.07 Å². The van der Waals surface area contributed by atoms with Crippen molar-refractivity contribution in [1.29, 1.82) is 0 Å². The van der Waals surface area contributed by atoms with Crippen LogP contribution in [0.5, 0.6) is 0 Å². The minimum absolute atomic E-state index is 0.0874. The molecule has 0 aliphatic carbocycles. The van der Waals surface area contributed by atoms with Crippen LogP contribution >= 0.6 is 11.3 Å². The Morgan fingerprint density at radius 2 is 2.33 bits per heavy atom. The largest absolute Gasteiger partial charge is 0.392 e. The van der Waals surface area contributed by atoms with Crippen LogP contribution in [0.2, 0.25) is 0 Å². The van der Waals surface area contributed by atoms with Crippen LogP contribution in [0.25, 0.3) is 0 Å². The van der Waals surface area contributed by atoms with Gasteiger partial charge in [0, 0.05) is 0 Å². The van der Waals surface area contributed by atoms with E-state index in [0.29, 0.717) is 4.88 Å². The minimum Gasteiger partial charge on any atom is -0.392 e. The number of ether oxygens (including phenoxy) is 1. The molecule has 1 aromatic rings. The molecule has 1 fully saturated rings. The summed E-state index contributed by atoms with van der Waals surface area (Å²) in [6.07, 6.45) is -0.0874. The SMILES string of the molecule is O=C1C[C@H](NC(=O)c2cccs2)C(=O)O1. The molecule has 0 radical (unpaired) electrons. The molecule has 2 rings (SSSR count). The summed E-state index contributed by atoms with van der Waals surface area (Å²) in [5, 5.41) is 4.19. The monoisotopic (exact) mass is 225 g/mol. The summed E-state index contributed by atoms with van der Waals surface area (Å²) in [6, 6.07) is 2.53. The topological polar surface area (TPSA) is 72.5 Å². The second kappa shape index (κ2) is 3.82. The number of esters is 2. The molecule has 1 atom stereocenters. The normalized spacial score (nSPS) is 20.1. The van der Waals surface area contributed by atoms with E-state index < -0.39 is 18.0 Å². The second-order valence-electron chi connectivity index (χ2n) is 3.00. The Balaban J connectivity index is 2.01. The molecule has 0 unspecified atom stereocenters. The highest BCUT2D eigenvalue weighted by molar-refractivity contribution is 7.12. The summed E-state index contributed by atoms with van der Waals surface area (Å²) in [5.74, 6) is -1.65. The van der Waals surface area contributed by atoms with E-state index in [2.05, 4.69) is 10.1 Å². The highest BCUT2D eigenvalue weighted by Gasteiger charge is 2.34. The summed E-state index contributed by atoms with van der Waals surface area (Å²) in [4.78, 5) is 33.8. The van der Waals surface area contributed by atoms with Crippen molar-refractivity contribution < 1.29 is 19.1 Å². The van der Waals surface area contributed by atoms with Gasteiger partial charge in [0.25, 0.3) is 5.91 Å². The second-order valence-corrected chi connectivity index (χ2v) is 3.95. The average Bonchev–Trinajstić information content (AvgIpc) is 2.76. The van der Waals surface area contributed by atoms with Crippen LogP contribution in [-0.4, -0.2) is 23.9 Å². The third-order valence-corrected chi connectivity index (χ3v) is 2.79. The Kier molecular flexibility index (Phi) is 2.51. The lowest BCUT2D eigenvalue weighted by Gasteiger charge is -2.05. The first kappa shape index (κ1) is 9.85. The van der Waals surface area contributed by atoms with Crippen LogP contribution in [0.1, 0.15) is 16.1 Å². The van der Waals surface area contributed by atoms with E-state index in [-0.39, 0.29) is 12.3 Å². The van der Waals surface area contributed by atoms with Crippen molar-refractivity contribution >= 4 is 29.2 Å². The van der Waals surface area contributed by atoms with Crippen molar-refractivity contribution in [2.24, 2.45) is 0 Å². The average molecular weight is 225 g/mol. The maximum absolute atomic E-state index is 11.5. The third kappa shape index (κ3) is 2.04. The van der Waals surface area contributed by atoms with E-state index >= 15 is 0 Å². The van der Waals surface area contributed by atoms with Gasteiger partial charge < -0.3 is 10.1 Å². The van der Waals surface area contributed by atoms with Crippen molar-refractivity contribution in [3.63, 3.8) is 0 Å². The molecule has 0 spiro atoms. The van der Waals surface area contributed by atoms with E-state index in [1.54, 1.807) is 17.5 Å². The molecule has 78 valence electrons. The molecular formula is C9H7NO4S. The highest BCUT2D eigenvalue weighted by Crippen LogP contribution is 2.12. The predicted molar refractivity (Wildman–Crippen MR) is 51.3 cm³/mol. The number of rotatable bonds is 2. The van der Waals surface area contributed by atoms with Gasteiger partial charge in [-0.15, -0.1) is 11.3 Å². The number of carbonyl (C=O) groups excluding carboxylic acids is 3. The summed E-state index contributed by atoms with van der Waals surface area (Å²) < 4.78 is 4.30. The molecule has 1 N–H and O–H groups in total. The summed E-state index contributed by atoms with van der Waals surface area (Å²) in [5.41, 5.74) is 0. The van der Waals surface area contributed by atoms with Crippen LogP contribution < -0.4 is 5.32 Å². The highest BCUT2D eigenvalue weighted by atomic mass is 32.1. The molecule has 2 heterocycles. The molecule has 0 bridgehead atoms. The summed E-state index contributed by atoms with van der Waals surface area (Å²) in [7, 11) is 0. The maximum atomic E-state index is 11.5. The molecule has 0 aromatic carbocycles. The van der Waals surface area contributed by atoms with E-state index in [1.165, 1.54) is 11.3 Å². The Morgan fingerprint density at radius 1 is 1.53 bits per heavy atom. The molecule has 1 saturated heterocycles. The van der Waals surface area contributed by atoms with Crippen LogP contribution in [0.4, 0.5) is 0 Å². The summed E-state index contributed by atoms with van der Waals surface area (Å²) >= 11 is 1.27. The molecule has 1 aliphatic rings. The quantitative estimate of drug-likeness (QED) is 0.581. The van der Waals surface area contributed by atoms with Crippen LogP contribution in [-0.2, 0) is 14.3 Å². The van der Waals surface area contributed by atoms with Crippen molar-refractivity contribution in [3.05, 3.63) is 22.4 Å². The minimum atomic E-state index is -0.841.